The number of esters is 1. The Bertz CT molecular complexity index is 933. The minimum absolute atomic E-state index is 0.0118. The molecule has 1 aliphatic heterocycles. The summed E-state index contributed by atoms with van der Waals surface area (Å²) in [5, 5.41) is 4.19. The van der Waals surface area contributed by atoms with E-state index < -0.39 is 0 Å². The van der Waals surface area contributed by atoms with Crippen molar-refractivity contribution in [1.82, 2.24) is 0 Å². The van der Waals surface area contributed by atoms with Crippen LogP contribution in [0.1, 0.15) is 58.8 Å². The van der Waals surface area contributed by atoms with Crippen molar-refractivity contribution >= 4 is 18.0 Å². The van der Waals surface area contributed by atoms with Crippen LogP contribution >= 0.6 is 0 Å². The van der Waals surface area contributed by atoms with Crippen molar-refractivity contribution in [3.8, 4) is 0 Å². The maximum Gasteiger partial charge on any atom is 0.306 e. The Morgan fingerprint density at radius 2 is 2.07 bits per heavy atom. The molecule has 4 fully saturated rings. The standard InChI is InChI=1S/C25H31NO4/c1-23-7-4-16(27)11-15(23)10-14(13-26-29-3)21-18(23)5-8-24(2)22(21)17-12-19(17)25(24)9-6-20(28)30-25/h5,11,13-14,17,19,21-22H,4,6-10,12H2,1-3H3/b26-13+/t14-,17?,19+,21?,22?,23+,24+,25+/m1/s1. The van der Waals surface area contributed by atoms with E-state index in [1.54, 1.807) is 7.11 Å². The van der Waals surface area contributed by atoms with Gasteiger partial charge in [0.25, 0.3) is 0 Å². The van der Waals surface area contributed by atoms with Gasteiger partial charge in [-0.3, -0.25) is 9.59 Å². The zero-order valence-electron chi connectivity index (χ0n) is 18.1. The van der Waals surface area contributed by atoms with E-state index in [1.165, 1.54) is 17.6 Å². The van der Waals surface area contributed by atoms with E-state index in [0.29, 0.717) is 36.5 Å². The van der Waals surface area contributed by atoms with Gasteiger partial charge in [0, 0.05) is 41.7 Å². The van der Waals surface area contributed by atoms with Gasteiger partial charge in [-0.2, -0.15) is 0 Å². The number of ether oxygens (including phenoxy) is 1. The van der Waals surface area contributed by atoms with E-state index in [2.05, 4.69) is 25.1 Å². The first-order valence-corrected chi connectivity index (χ1v) is 11.6. The first kappa shape index (κ1) is 18.8. The number of hydrogen-bond donors (Lipinski definition) is 0. The second-order valence-electron chi connectivity index (χ2n) is 11.0. The van der Waals surface area contributed by atoms with E-state index in [9.17, 15) is 9.59 Å². The molecule has 5 aliphatic carbocycles. The maximum absolute atomic E-state index is 12.2. The van der Waals surface area contributed by atoms with Crippen LogP contribution in [-0.2, 0) is 19.2 Å². The van der Waals surface area contributed by atoms with E-state index in [0.717, 1.165) is 25.7 Å². The summed E-state index contributed by atoms with van der Waals surface area (Å²) < 4.78 is 6.20. The number of rotatable bonds is 2. The number of allylic oxidation sites excluding steroid dienone is 4. The summed E-state index contributed by atoms with van der Waals surface area (Å²) in [5.41, 5.74) is 2.47. The molecule has 0 aromatic heterocycles. The molecule has 0 aromatic carbocycles. The van der Waals surface area contributed by atoms with Gasteiger partial charge in [0.15, 0.2) is 5.78 Å². The number of nitrogens with zero attached hydrogens (tertiary/aromatic N) is 1. The molecule has 30 heavy (non-hydrogen) atoms. The van der Waals surface area contributed by atoms with Gasteiger partial charge >= 0.3 is 5.97 Å². The number of hydrogen-bond acceptors (Lipinski definition) is 5. The van der Waals surface area contributed by atoms with Gasteiger partial charge in [0.1, 0.15) is 12.7 Å². The third-order valence-electron chi connectivity index (χ3n) is 9.92. The van der Waals surface area contributed by atoms with Crippen molar-refractivity contribution in [3.63, 3.8) is 0 Å². The molecule has 1 spiro atoms. The Hall–Kier alpha value is -1.91. The highest BCUT2D eigenvalue weighted by Gasteiger charge is 2.78. The predicted octanol–water partition coefficient (Wildman–Crippen LogP) is 4.23. The number of oxime groups is 1. The van der Waals surface area contributed by atoms with Crippen LogP contribution in [0, 0.1) is 40.4 Å². The Labute approximate surface area is 177 Å². The zero-order chi connectivity index (χ0) is 20.9. The van der Waals surface area contributed by atoms with Gasteiger partial charge in [-0.15, -0.1) is 0 Å². The van der Waals surface area contributed by atoms with E-state index >= 15 is 0 Å². The molecule has 6 aliphatic rings. The van der Waals surface area contributed by atoms with Gasteiger partial charge in [0.05, 0.1) is 0 Å². The molecular weight excluding hydrogens is 378 g/mol. The van der Waals surface area contributed by atoms with Crippen LogP contribution in [0.5, 0.6) is 0 Å². The largest absolute Gasteiger partial charge is 0.458 e. The van der Waals surface area contributed by atoms with Crippen LogP contribution in [0.3, 0.4) is 0 Å². The monoisotopic (exact) mass is 409 g/mol. The van der Waals surface area contributed by atoms with Crippen LogP contribution in [0.2, 0.25) is 0 Å². The topological polar surface area (TPSA) is 65.0 Å². The van der Waals surface area contributed by atoms with Crippen molar-refractivity contribution < 1.29 is 19.2 Å². The molecule has 3 unspecified atom stereocenters. The summed E-state index contributed by atoms with van der Waals surface area (Å²) in [7, 11) is 1.59. The SMILES string of the molecule is CO/N=C/[C@H]1CC2=CC(=O)CC[C@]2(C)C2=CC[C@@]3(C)C(C21)C1C[C@@H]1[C@@]31CCC(=O)O1. The molecule has 0 aromatic rings. The fourth-order valence-corrected chi connectivity index (χ4v) is 8.53. The smallest absolute Gasteiger partial charge is 0.306 e. The lowest BCUT2D eigenvalue weighted by Crippen LogP contribution is -2.55. The Kier molecular flexibility index (Phi) is 3.68. The van der Waals surface area contributed by atoms with Crippen molar-refractivity contribution in [2.24, 2.45) is 45.6 Å². The van der Waals surface area contributed by atoms with Crippen molar-refractivity contribution in [2.75, 3.05) is 7.11 Å². The second kappa shape index (κ2) is 5.86. The molecule has 6 rings (SSSR count). The lowest BCUT2D eigenvalue weighted by atomic mass is 9.47. The van der Waals surface area contributed by atoms with E-state index in [1.807, 2.05) is 12.3 Å². The maximum atomic E-state index is 12.2. The number of ketones is 1. The molecule has 5 nitrogen and oxygen atoms in total. The van der Waals surface area contributed by atoms with Gasteiger partial charge < -0.3 is 9.57 Å². The van der Waals surface area contributed by atoms with Crippen LogP contribution in [-0.4, -0.2) is 30.7 Å². The van der Waals surface area contributed by atoms with Crippen LogP contribution in [0.4, 0.5) is 0 Å². The number of carbonyl (C=O) groups is 2. The third kappa shape index (κ3) is 2.12. The van der Waals surface area contributed by atoms with Gasteiger partial charge in [-0.25, -0.2) is 0 Å². The van der Waals surface area contributed by atoms with Gasteiger partial charge in [-0.1, -0.05) is 36.2 Å². The van der Waals surface area contributed by atoms with Crippen molar-refractivity contribution in [1.29, 1.82) is 0 Å². The second-order valence-corrected chi connectivity index (χ2v) is 11.0. The van der Waals surface area contributed by atoms with Gasteiger partial charge in [0.2, 0.25) is 0 Å². The lowest BCUT2D eigenvalue weighted by molar-refractivity contribution is -0.166. The quantitative estimate of drug-likeness (QED) is 0.296. The molecule has 160 valence electrons. The first-order chi connectivity index (χ1) is 14.3. The average molecular weight is 410 g/mol. The number of fused-ring (bicyclic) bond motifs is 9. The summed E-state index contributed by atoms with van der Waals surface area (Å²) >= 11 is 0. The molecule has 5 heteroatoms. The fourth-order valence-electron chi connectivity index (χ4n) is 8.53. The van der Waals surface area contributed by atoms with Crippen molar-refractivity contribution in [3.05, 3.63) is 23.3 Å². The highest BCUT2D eigenvalue weighted by Crippen LogP contribution is 2.78. The Morgan fingerprint density at radius 3 is 2.80 bits per heavy atom. The minimum atomic E-state index is -0.274. The average Bonchev–Trinajstić information content (AvgIpc) is 3.35. The summed E-state index contributed by atoms with van der Waals surface area (Å²) in [6, 6.07) is 0. The predicted molar refractivity (Wildman–Crippen MR) is 111 cm³/mol. The summed E-state index contributed by atoms with van der Waals surface area (Å²) in [6.45, 7) is 4.74. The molecule has 0 amide bonds. The third-order valence-corrected chi connectivity index (χ3v) is 9.92. The normalized spacial score (nSPS) is 51.0. The highest BCUT2D eigenvalue weighted by atomic mass is 16.6. The molecule has 8 atom stereocenters. The van der Waals surface area contributed by atoms with E-state index in [-0.39, 0.29) is 34.1 Å². The Morgan fingerprint density at radius 1 is 1.23 bits per heavy atom. The minimum Gasteiger partial charge on any atom is -0.458 e. The molecule has 1 heterocycles. The molecule has 0 bridgehead atoms. The zero-order valence-corrected chi connectivity index (χ0v) is 18.1. The van der Waals surface area contributed by atoms with Gasteiger partial charge in [-0.05, 0) is 55.9 Å². The van der Waals surface area contributed by atoms with E-state index in [4.69, 9.17) is 9.57 Å². The summed E-state index contributed by atoms with van der Waals surface area (Å²) in [4.78, 5) is 29.5. The molecule has 0 radical (unpaired) electrons. The van der Waals surface area contributed by atoms with Crippen molar-refractivity contribution in [2.45, 2.75) is 64.4 Å². The first-order valence-electron chi connectivity index (χ1n) is 11.6. The lowest BCUT2D eigenvalue weighted by Gasteiger charge is -2.57. The molecule has 1 saturated heterocycles. The molecule has 0 N–H and O–H groups in total. The fraction of sp³-hybridized carbons (Fsp3) is 0.720. The van der Waals surface area contributed by atoms with Crippen LogP contribution < -0.4 is 0 Å². The number of carbonyl (C=O) groups excluding carboxylic acids is 2. The highest BCUT2D eigenvalue weighted by molar-refractivity contribution is 5.92. The van der Waals surface area contributed by atoms with Crippen LogP contribution in [0.25, 0.3) is 0 Å². The summed E-state index contributed by atoms with van der Waals surface area (Å²) in [5.74, 6) is 2.49. The molecular formula is C25H31NO4. The Balaban J connectivity index is 1.49. The van der Waals surface area contributed by atoms with Crippen LogP contribution in [0.15, 0.2) is 28.5 Å². The molecule has 3 saturated carbocycles. The summed E-state index contributed by atoms with van der Waals surface area (Å²) in [6.07, 6.45) is 12.4.